The van der Waals surface area contributed by atoms with Gasteiger partial charge in [-0.15, -0.1) is 0 Å². The maximum absolute atomic E-state index is 13.5. The summed E-state index contributed by atoms with van der Waals surface area (Å²) < 4.78 is 52.7. The number of hydrogen-bond donors (Lipinski definition) is 1. The first kappa shape index (κ1) is 13.4. The molecule has 0 saturated heterocycles. The molecule has 0 spiro atoms. The summed E-state index contributed by atoms with van der Waals surface area (Å²) in [7, 11) is -4.26. The molecule has 100 valence electrons. The molecule has 0 aliphatic heterocycles. The van der Waals surface area contributed by atoms with Gasteiger partial charge in [0.05, 0.1) is 5.69 Å². The van der Waals surface area contributed by atoms with Crippen LogP contribution in [0.5, 0.6) is 0 Å². The average Bonchev–Trinajstić information content (AvgIpc) is 2.34. The number of halogens is 2. The molecule has 1 N–H and O–H groups in total. The van der Waals surface area contributed by atoms with Crippen LogP contribution in [0.4, 0.5) is 14.5 Å². The van der Waals surface area contributed by atoms with Crippen LogP contribution in [0.3, 0.4) is 0 Å². The molecule has 7 heteroatoms. The Balaban J connectivity index is 2.43. The third-order valence-corrected chi connectivity index (χ3v) is 3.64. The molecule has 1 aromatic heterocycles. The second-order valence-corrected chi connectivity index (χ2v) is 5.48. The molecule has 0 unspecified atom stereocenters. The van der Waals surface area contributed by atoms with Crippen molar-refractivity contribution in [1.29, 1.82) is 0 Å². The van der Waals surface area contributed by atoms with Gasteiger partial charge in [0.15, 0.2) is 5.82 Å². The maximum atomic E-state index is 13.5. The van der Waals surface area contributed by atoms with Crippen molar-refractivity contribution in [2.45, 2.75) is 11.9 Å². The monoisotopic (exact) mass is 284 g/mol. The lowest BCUT2D eigenvalue weighted by Crippen LogP contribution is -2.17. The zero-order valence-corrected chi connectivity index (χ0v) is 10.7. The molecule has 0 atom stereocenters. The van der Waals surface area contributed by atoms with Crippen LogP contribution in [0.1, 0.15) is 5.56 Å². The first-order valence-corrected chi connectivity index (χ1v) is 6.78. The Morgan fingerprint density at radius 1 is 1.16 bits per heavy atom. The highest BCUT2D eigenvalue weighted by molar-refractivity contribution is 7.92. The van der Waals surface area contributed by atoms with Crippen molar-refractivity contribution >= 4 is 15.7 Å². The first-order chi connectivity index (χ1) is 8.90. The second-order valence-electron chi connectivity index (χ2n) is 3.88. The van der Waals surface area contributed by atoms with E-state index in [2.05, 4.69) is 4.98 Å². The highest BCUT2D eigenvalue weighted by Crippen LogP contribution is 2.20. The van der Waals surface area contributed by atoms with E-state index >= 15 is 0 Å². The zero-order valence-electron chi connectivity index (χ0n) is 9.89. The van der Waals surface area contributed by atoms with Crippen molar-refractivity contribution in [2.24, 2.45) is 0 Å². The Morgan fingerprint density at radius 3 is 2.58 bits per heavy atom. The third kappa shape index (κ3) is 2.87. The summed E-state index contributed by atoms with van der Waals surface area (Å²) in [5.74, 6) is -1.74. The lowest BCUT2D eigenvalue weighted by molar-refractivity contribution is 0.556. The summed E-state index contributed by atoms with van der Waals surface area (Å²) >= 11 is 0. The van der Waals surface area contributed by atoms with Crippen LogP contribution < -0.4 is 4.72 Å². The van der Waals surface area contributed by atoms with Crippen molar-refractivity contribution in [1.82, 2.24) is 4.98 Å². The normalized spacial score (nSPS) is 11.3. The number of benzene rings is 1. The number of sulfonamides is 1. The van der Waals surface area contributed by atoms with E-state index in [1.165, 1.54) is 18.2 Å². The Hall–Kier alpha value is -2.02. The largest absolute Gasteiger partial charge is 0.282 e. The zero-order chi connectivity index (χ0) is 14.0. The van der Waals surface area contributed by atoms with Gasteiger partial charge < -0.3 is 0 Å². The maximum Gasteiger partial charge on any atom is 0.282 e. The minimum atomic E-state index is -4.26. The number of nitrogens with zero attached hydrogens (tertiary/aromatic N) is 1. The minimum absolute atomic E-state index is 0.245. The number of nitrogens with one attached hydrogen (secondary N) is 1. The molecule has 2 aromatic rings. The molecule has 19 heavy (non-hydrogen) atoms. The van der Waals surface area contributed by atoms with Crippen molar-refractivity contribution in [3.63, 3.8) is 0 Å². The van der Waals surface area contributed by atoms with E-state index in [1.54, 1.807) is 6.92 Å². The average molecular weight is 284 g/mol. The minimum Gasteiger partial charge on any atom is -0.275 e. The quantitative estimate of drug-likeness (QED) is 0.942. The van der Waals surface area contributed by atoms with Gasteiger partial charge in [-0.1, -0.05) is 6.07 Å². The van der Waals surface area contributed by atoms with Crippen molar-refractivity contribution in [2.75, 3.05) is 4.72 Å². The standard InChI is InChI=1S/C12H10F2N2O2S/c1-8-4-5-9(13)11(7-8)16-19(17,18)12-10(14)3-2-6-15-12/h2-7,16H,1H3. The van der Waals surface area contributed by atoms with Crippen molar-refractivity contribution in [3.8, 4) is 0 Å². The van der Waals surface area contributed by atoms with Crippen molar-refractivity contribution < 1.29 is 17.2 Å². The van der Waals surface area contributed by atoms with Gasteiger partial charge in [-0.05, 0) is 36.8 Å². The van der Waals surface area contributed by atoms with E-state index in [-0.39, 0.29) is 5.69 Å². The van der Waals surface area contributed by atoms with E-state index in [9.17, 15) is 17.2 Å². The number of hydrogen-bond acceptors (Lipinski definition) is 3. The summed E-state index contributed by atoms with van der Waals surface area (Å²) in [6.07, 6.45) is 1.14. The van der Waals surface area contributed by atoms with E-state index in [4.69, 9.17) is 0 Å². The molecule has 1 heterocycles. The molecule has 0 aliphatic carbocycles. The smallest absolute Gasteiger partial charge is 0.275 e. The molecule has 0 fully saturated rings. The van der Waals surface area contributed by atoms with Gasteiger partial charge in [-0.3, -0.25) is 4.72 Å². The SMILES string of the molecule is Cc1ccc(F)c(NS(=O)(=O)c2ncccc2F)c1. The molecular formula is C12H10F2N2O2S. The molecule has 1 aromatic carbocycles. The molecule has 0 amide bonds. The van der Waals surface area contributed by atoms with Gasteiger partial charge in [0.25, 0.3) is 10.0 Å². The Labute approximate surface area is 109 Å². The van der Waals surface area contributed by atoms with Crippen LogP contribution in [0, 0.1) is 18.6 Å². The predicted octanol–water partition coefficient (Wildman–Crippen LogP) is 2.47. The topological polar surface area (TPSA) is 59.1 Å². The number of anilines is 1. The fourth-order valence-corrected chi connectivity index (χ4v) is 2.55. The van der Waals surface area contributed by atoms with Gasteiger partial charge in [-0.2, -0.15) is 8.42 Å². The Bertz CT molecular complexity index is 717. The van der Waals surface area contributed by atoms with Gasteiger partial charge in [-0.25, -0.2) is 13.8 Å². The number of aryl methyl sites for hydroxylation is 1. The second kappa shape index (κ2) is 4.93. The molecule has 0 radical (unpaired) electrons. The van der Waals surface area contributed by atoms with Crippen LogP contribution in [-0.4, -0.2) is 13.4 Å². The Kier molecular flexibility index (Phi) is 3.48. The number of pyridine rings is 1. The predicted molar refractivity (Wildman–Crippen MR) is 66.1 cm³/mol. The molecular weight excluding hydrogens is 274 g/mol. The van der Waals surface area contributed by atoms with Crippen LogP contribution in [0.25, 0.3) is 0 Å². The Morgan fingerprint density at radius 2 is 1.89 bits per heavy atom. The lowest BCUT2D eigenvalue weighted by atomic mass is 10.2. The number of rotatable bonds is 3. The van der Waals surface area contributed by atoms with Gasteiger partial charge in [0.1, 0.15) is 5.82 Å². The highest BCUT2D eigenvalue weighted by Gasteiger charge is 2.21. The van der Waals surface area contributed by atoms with Gasteiger partial charge >= 0.3 is 0 Å². The van der Waals surface area contributed by atoms with Crippen LogP contribution in [-0.2, 0) is 10.0 Å². The van der Waals surface area contributed by atoms with Gasteiger partial charge in [0.2, 0.25) is 5.03 Å². The van der Waals surface area contributed by atoms with Crippen LogP contribution in [0.15, 0.2) is 41.6 Å². The lowest BCUT2D eigenvalue weighted by Gasteiger charge is -2.09. The van der Waals surface area contributed by atoms with Crippen LogP contribution in [0.2, 0.25) is 0 Å². The molecule has 0 saturated carbocycles. The molecule has 0 aliphatic rings. The fourth-order valence-electron chi connectivity index (χ4n) is 1.48. The highest BCUT2D eigenvalue weighted by atomic mass is 32.2. The number of aromatic nitrogens is 1. The molecule has 2 rings (SSSR count). The van der Waals surface area contributed by atoms with E-state index < -0.39 is 26.7 Å². The molecule has 4 nitrogen and oxygen atoms in total. The molecule has 0 bridgehead atoms. The summed E-state index contributed by atoms with van der Waals surface area (Å²) in [4.78, 5) is 3.45. The first-order valence-electron chi connectivity index (χ1n) is 5.29. The fraction of sp³-hybridized carbons (Fsp3) is 0.0833. The summed E-state index contributed by atoms with van der Waals surface area (Å²) in [6, 6.07) is 6.17. The third-order valence-electron chi connectivity index (χ3n) is 2.35. The van der Waals surface area contributed by atoms with E-state index in [0.29, 0.717) is 5.56 Å². The van der Waals surface area contributed by atoms with Gasteiger partial charge in [0, 0.05) is 6.20 Å². The van der Waals surface area contributed by atoms with Crippen molar-refractivity contribution in [3.05, 3.63) is 53.7 Å². The summed E-state index contributed by atoms with van der Waals surface area (Å²) in [5.41, 5.74) is 0.422. The summed E-state index contributed by atoms with van der Waals surface area (Å²) in [6.45, 7) is 1.68. The van der Waals surface area contributed by atoms with Crippen LogP contribution >= 0.6 is 0 Å². The van der Waals surface area contributed by atoms with E-state index in [1.807, 2.05) is 4.72 Å². The summed E-state index contributed by atoms with van der Waals surface area (Å²) in [5, 5.41) is -0.768. The van der Waals surface area contributed by atoms with E-state index in [0.717, 1.165) is 18.3 Å².